The molecule has 21 heavy (non-hydrogen) atoms. The zero-order valence-electron chi connectivity index (χ0n) is 13.8. The first-order valence-corrected chi connectivity index (χ1v) is 8.55. The number of hydrogen-bond acceptors (Lipinski definition) is 2. The lowest BCUT2D eigenvalue weighted by Gasteiger charge is -2.15. The highest BCUT2D eigenvalue weighted by Gasteiger charge is 2.32. The first-order valence-electron chi connectivity index (χ1n) is 8.55. The minimum Gasteiger partial charge on any atom is -0.393 e. The van der Waals surface area contributed by atoms with Gasteiger partial charge in [0.25, 0.3) is 0 Å². The number of aliphatic hydroxyl groups is 1. The van der Waals surface area contributed by atoms with Gasteiger partial charge in [0.05, 0.1) is 6.10 Å². The topological polar surface area (TPSA) is 32.3 Å². The van der Waals surface area contributed by atoms with Gasteiger partial charge in [-0.25, -0.2) is 0 Å². The van der Waals surface area contributed by atoms with Crippen LogP contribution in [0.25, 0.3) is 0 Å². The van der Waals surface area contributed by atoms with Crippen molar-refractivity contribution in [1.82, 2.24) is 5.32 Å². The predicted molar refractivity (Wildman–Crippen MR) is 89.5 cm³/mol. The molecule has 0 radical (unpaired) electrons. The number of aryl methyl sites for hydroxylation is 1. The Kier molecular flexibility index (Phi) is 6.25. The minimum atomic E-state index is -0.147. The van der Waals surface area contributed by atoms with Crippen LogP contribution >= 0.6 is 0 Å². The molecule has 118 valence electrons. The molecule has 1 fully saturated rings. The van der Waals surface area contributed by atoms with Crippen molar-refractivity contribution < 1.29 is 5.11 Å². The second-order valence-corrected chi connectivity index (χ2v) is 6.95. The van der Waals surface area contributed by atoms with Crippen LogP contribution in [0.15, 0.2) is 24.3 Å². The van der Waals surface area contributed by atoms with E-state index in [1.807, 2.05) is 0 Å². The van der Waals surface area contributed by atoms with Gasteiger partial charge in [0.15, 0.2) is 0 Å². The molecule has 0 heterocycles. The molecule has 0 bridgehead atoms. The van der Waals surface area contributed by atoms with Crippen LogP contribution in [0.4, 0.5) is 0 Å². The van der Waals surface area contributed by atoms with E-state index in [4.69, 9.17) is 0 Å². The summed E-state index contributed by atoms with van der Waals surface area (Å²) in [4.78, 5) is 0. The zero-order valence-corrected chi connectivity index (χ0v) is 13.8. The van der Waals surface area contributed by atoms with Crippen molar-refractivity contribution in [3.8, 4) is 0 Å². The smallest absolute Gasteiger partial charge is 0.0587 e. The van der Waals surface area contributed by atoms with Gasteiger partial charge < -0.3 is 10.4 Å². The molecule has 0 saturated heterocycles. The van der Waals surface area contributed by atoms with Gasteiger partial charge in [-0.15, -0.1) is 0 Å². The van der Waals surface area contributed by atoms with Crippen molar-refractivity contribution in [3.63, 3.8) is 0 Å². The van der Waals surface area contributed by atoms with Crippen LogP contribution in [0.3, 0.4) is 0 Å². The quantitative estimate of drug-likeness (QED) is 0.802. The van der Waals surface area contributed by atoms with Crippen molar-refractivity contribution in [2.45, 2.75) is 65.0 Å². The van der Waals surface area contributed by atoms with Gasteiger partial charge in [-0.3, -0.25) is 0 Å². The SMILES string of the molecule is CCC(C)CCN[C@@H]1C[C@@H](Cc2cccc(C)c2)[C@H](O)C1. The van der Waals surface area contributed by atoms with Gasteiger partial charge in [-0.05, 0) is 56.6 Å². The summed E-state index contributed by atoms with van der Waals surface area (Å²) in [6.07, 6.45) is 5.38. The Morgan fingerprint density at radius 2 is 2.14 bits per heavy atom. The average molecular weight is 289 g/mol. The van der Waals surface area contributed by atoms with Crippen molar-refractivity contribution in [2.75, 3.05) is 6.54 Å². The van der Waals surface area contributed by atoms with Crippen molar-refractivity contribution in [3.05, 3.63) is 35.4 Å². The van der Waals surface area contributed by atoms with E-state index < -0.39 is 0 Å². The highest BCUT2D eigenvalue weighted by molar-refractivity contribution is 5.23. The Labute approximate surface area is 130 Å². The normalized spacial score (nSPS) is 27.0. The maximum atomic E-state index is 10.3. The molecule has 0 spiro atoms. The molecule has 0 amide bonds. The highest BCUT2D eigenvalue weighted by Crippen LogP contribution is 2.29. The van der Waals surface area contributed by atoms with E-state index in [1.54, 1.807) is 0 Å². The van der Waals surface area contributed by atoms with Crippen molar-refractivity contribution in [1.29, 1.82) is 0 Å². The Morgan fingerprint density at radius 3 is 2.86 bits per heavy atom. The molecule has 2 heteroatoms. The molecular formula is C19H31NO. The van der Waals surface area contributed by atoms with E-state index in [0.29, 0.717) is 12.0 Å². The van der Waals surface area contributed by atoms with E-state index in [0.717, 1.165) is 31.7 Å². The highest BCUT2D eigenvalue weighted by atomic mass is 16.3. The van der Waals surface area contributed by atoms with Crippen LogP contribution in [0.5, 0.6) is 0 Å². The summed E-state index contributed by atoms with van der Waals surface area (Å²) in [5.41, 5.74) is 2.67. The monoisotopic (exact) mass is 289 g/mol. The molecule has 0 aliphatic heterocycles. The molecule has 1 unspecified atom stereocenters. The molecular weight excluding hydrogens is 258 g/mol. The minimum absolute atomic E-state index is 0.147. The second-order valence-electron chi connectivity index (χ2n) is 6.95. The maximum Gasteiger partial charge on any atom is 0.0587 e. The van der Waals surface area contributed by atoms with E-state index in [-0.39, 0.29) is 6.10 Å². The molecule has 0 aromatic heterocycles. The number of nitrogens with one attached hydrogen (secondary N) is 1. The molecule has 1 saturated carbocycles. The lowest BCUT2D eigenvalue weighted by molar-refractivity contribution is 0.131. The third kappa shape index (κ3) is 5.12. The Bertz CT molecular complexity index is 431. The van der Waals surface area contributed by atoms with Crippen LogP contribution < -0.4 is 5.32 Å². The zero-order chi connectivity index (χ0) is 15.2. The lowest BCUT2D eigenvalue weighted by atomic mass is 9.95. The Hall–Kier alpha value is -0.860. The molecule has 2 nitrogen and oxygen atoms in total. The second kappa shape index (κ2) is 7.95. The van der Waals surface area contributed by atoms with E-state index in [2.05, 4.69) is 50.4 Å². The molecule has 1 aromatic rings. The van der Waals surface area contributed by atoms with Gasteiger partial charge in [0, 0.05) is 6.04 Å². The average Bonchev–Trinajstić information content (AvgIpc) is 2.79. The molecule has 1 aliphatic carbocycles. The van der Waals surface area contributed by atoms with E-state index >= 15 is 0 Å². The summed E-state index contributed by atoms with van der Waals surface area (Å²) < 4.78 is 0. The number of aliphatic hydroxyl groups excluding tert-OH is 1. The fraction of sp³-hybridized carbons (Fsp3) is 0.684. The maximum absolute atomic E-state index is 10.3. The summed E-state index contributed by atoms with van der Waals surface area (Å²) >= 11 is 0. The fourth-order valence-electron chi connectivity index (χ4n) is 3.37. The van der Waals surface area contributed by atoms with Crippen LogP contribution in [-0.2, 0) is 6.42 Å². The van der Waals surface area contributed by atoms with Gasteiger partial charge in [-0.2, -0.15) is 0 Å². The fourth-order valence-corrected chi connectivity index (χ4v) is 3.37. The van der Waals surface area contributed by atoms with Gasteiger partial charge in [0.2, 0.25) is 0 Å². The van der Waals surface area contributed by atoms with E-state index in [9.17, 15) is 5.11 Å². The first kappa shape index (κ1) is 16.5. The van der Waals surface area contributed by atoms with Crippen LogP contribution in [0.1, 0.15) is 50.7 Å². The summed E-state index contributed by atoms with van der Waals surface area (Å²) in [6, 6.07) is 9.18. The lowest BCUT2D eigenvalue weighted by Crippen LogP contribution is -2.28. The first-order chi connectivity index (χ1) is 10.1. The molecule has 4 atom stereocenters. The standard InChI is InChI=1S/C19H31NO/c1-4-14(2)8-9-20-18-12-17(19(21)13-18)11-16-7-5-6-15(3)10-16/h5-7,10,14,17-21H,4,8-9,11-13H2,1-3H3/t14?,17-,18-,19-/m1/s1. The Morgan fingerprint density at radius 1 is 1.33 bits per heavy atom. The van der Waals surface area contributed by atoms with Crippen molar-refractivity contribution in [2.24, 2.45) is 11.8 Å². The molecule has 1 aliphatic rings. The van der Waals surface area contributed by atoms with Crippen molar-refractivity contribution >= 4 is 0 Å². The van der Waals surface area contributed by atoms with Gasteiger partial charge >= 0.3 is 0 Å². The predicted octanol–water partition coefficient (Wildman–Crippen LogP) is 3.70. The molecule has 1 aromatic carbocycles. The van der Waals surface area contributed by atoms with Gasteiger partial charge in [-0.1, -0.05) is 50.1 Å². The molecule has 2 N–H and O–H groups in total. The number of hydrogen-bond donors (Lipinski definition) is 2. The third-order valence-corrected chi connectivity index (χ3v) is 5.00. The van der Waals surface area contributed by atoms with E-state index in [1.165, 1.54) is 24.0 Å². The summed E-state index contributed by atoms with van der Waals surface area (Å²) in [7, 11) is 0. The summed E-state index contributed by atoms with van der Waals surface area (Å²) in [5.74, 6) is 1.21. The van der Waals surface area contributed by atoms with Crippen LogP contribution in [0, 0.1) is 18.8 Å². The Balaban J connectivity index is 1.78. The number of rotatable bonds is 7. The molecule has 2 rings (SSSR count). The largest absolute Gasteiger partial charge is 0.393 e. The summed E-state index contributed by atoms with van der Waals surface area (Å²) in [5, 5.41) is 13.9. The third-order valence-electron chi connectivity index (χ3n) is 5.00. The number of benzene rings is 1. The van der Waals surface area contributed by atoms with Crippen LogP contribution in [-0.4, -0.2) is 23.8 Å². The van der Waals surface area contributed by atoms with Gasteiger partial charge in [0.1, 0.15) is 0 Å². The van der Waals surface area contributed by atoms with Crippen LogP contribution in [0.2, 0.25) is 0 Å². The summed E-state index contributed by atoms with van der Waals surface area (Å²) in [6.45, 7) is 7.78.